The molecule has 4 nitrogen and oxygen atoms in total. The van der Waals surface area contributed by atoms with Gasteiger partial charge in [0, 0.05) is 29.6 Å². The van der Waals surface area contributed by atoms with Crippen molar-refractivity contribution in [1.82, 2.24) is 14.9 Å². The summed E-state index contributed by atoms with van der Waals surface area (Å²) in [6.07, 6.45) is 4.58. The predicted octanol–water partition coefficient (Wildman–Crippen LogP) is 5.21. The van der Waals surface area contributed by atoms with Crippen LogP contribution in [-0.2, 0) is 6.54 Å². The number of hydrogen-bond acceptors (Lipinski definition) is 3. The van der Waals surface area contributed by atoms with E-state index in [1.54, 1.807) is 0 Å². The van der Waals surface area contributed by atoms with E-state index in [-0.39, 0.29) is 16.9 Å². The molecule has 0 bridgehead atoms. The largest absolute Gasteiger partial charge is 0.326 e. The number of imidazole rings is 1. The molecule has 1 aromatic heterocycles. The second-order valence-corrected chi connectivity index (χ2v) is 9.85. The third kappa shape index (κ3) is 4.59. The predicted molar refractivity (Wildman–Crippen MR) is 118 cm³/mol. The quantitative estimate of drug-likeness (QED) is 0.609. The van der Waals surface area contributed by atoms with Crippen molar-refractivity contribution in [3.8, 4) is 0 Å². The third-order valence-corrected chi connectivity index (χ3v) is 5.91. The van der Waals surface area contributed by atoms with Gasteiger partial charge in [0.25, 0.3) is 0 Å². The second-order valence-electron chi connectivity index (χ2n) is 9.85. The fraction of sp³-hybridized carbons (Fsp3) is 0.440. The molecule has 0 spiro atoms. The lowest BCUT2D eigenvalue weighted by atomic mass is 9.74. The van der Waals surface area contributed by atoms with Crippen molar-refractivity contribution in [3.05, 3.63) is 66.0 Å². The van der Waals surface area contributed by atoms with Crippen LogP contribution in [0.3, 0.4) is 0 Å². The molecule has 29 heavy (non-hydrogen) atoms. The minimum atomic E-state index is 0.0735. The van der Waals surface area contributed by atoms with E-state index in [2.05, 4.69) is 60.8 Å². The van der Waals surface area contributed by atoms with E-state index in [1.807, 2.05) is 36.7 Å². The van der Waals surface area contributed by atoms with Gasteiger partial charge in [-0.1, -0.05) is 36.4 Å². The molecule has 3 aromatic rings. The zero-order valence-corrected chi connectivity index (χ0v) is 17.9. The average Bonchev–Trinajstić information content (AvgIpc) is 3.03. The van der Waals surface area contributed by atoms with Crippen LogP contribution in [0.1, 0.15) is 62.9 Å². The molecule has 0 radical (unpaired) electrons. The number of hydrogen-bond donors (Lipinski definition) is 1. The van der Waals surface area contributed by atoms with Crippen LogP contribution in [0.5, 0.6) is 0 Å². The first-order valence-corrected chi connectivity index (χ1v) is 10.5. The highest BCUT2D eigenvalue weighted by molar-refractivity contribution is 5.96. The van der Waals surface area contributed by atoms with Gasteiger partial charge in [0.05, 0.1) is 17.4 Å². The van der Waals surface area contributed by atoms with E-state index in [1.165, 1.54) is 5.56 Å². The highest BCUT2D eigenvalue weighted by atomic mass is 16.1. The maximum atomic E-state index is 12.9. The molecule has 1 aliphatic rings. The summed E-state index contributed by atoms with van der Waals surface area (Å²) in [6, 6.07) is 16.2. The number of carbonyl (C=O) groups excluding carboxylic acids is 1. The van der Waals surface area contributed by atoms with Gasteiger partial charge < -0.3 is 9.88 Å². The number of Topliss-reactive ketones (excluding diaryl/α,β-unsaturated/α-hetero) is 1. The highest BCUT2D eigenvalue weighted by Gasteiger charge is 2.38. The van der Waals surface area contributed by atoms with Crippen LogP contribution in [0.4, 0.5) is 0 Å². The Morgan fingerprint density at radius 2 is 1.69 bits per heavy atom. The number of piperidine rings is 1. The lowest BCUT2D eigenvalue weighted by Crippen LogP contribution is -2.57. The van der Waals surface area contributed by atoms with Crippen molar-refractivity contribution >= 4 is 16.8 Å². The number of aromatic nitrogens is 2. The van der Waals surface area contributed by atoms with E-state index in [0.29, 0.717) is 12.3 Å². The first kappa shape index (κ1) is 19.8. The molecule has 1 aliphatic heterocycles. The highest BCUT2D eigenvalue weighted by Crippen LogP contribution is 2.35. The number of ketones is 1. The number of para-hydroxylation sites is 2. The maximum Gasteiger partial charge on any atom is 0.163 e. The fourth-order valence-corrected chi connectivity index (χ4v) is 5.19. The van der Waals surface area contributed by atoms with Crippen LogP contribution in [-0.4, -0.2) is 26.4 Å². The normalized spacial score (nSPS) is 18.8. The van der Waals surface area contributed by atoms with Crippen LogP contribution in [0.25, 0.3) is 11.0 Å². The monoisotopic (exact) mass is 389 g/mol. The van der Waals surface area contributed by atoms with Gasteiger partial charge in [-0.15, -0.1) is 0 Å². The van der Waals surface area contributed by atoms with Crippen molar-refractivity contribution in [2.75, 3.05) is 0 Å². The summed E-state index contributed by atoms with van der Waals surface area (Å²) in [4.78, 5) is 17.4. The number of carbonyl (C=O) groups is 1. The number of fused-ring (bicyclic) bond motifs is 1. The standard InChI is InChI=1S/C25H31N3O/c1-24(2)14-19(15-25(3,4)27-24)13-23(29)20-11-9-18(10-12-20)16-28-17-26-21-7-5-6-8-22(21)28/h5-12,17,19,27H,13-16H2,1-4H3. The molecule has 0 unspecified atom stereocenters. The lowest BCUT2D eigenvalue weighted by Gasteiger charge is -2.46. The molecule has 0 atom stereocenters. The molecule has 0 saturated carbocycles. The molecule has 0 amide bonds. The molecule has 1 saturated heterocycles. The first-order chi connectivity index (χ1) is 13.7. The Morgan fingerprint density at radius 3 is 2.38 bits per heavy atom. The van der Waals surface area contributed by atoms with Gasteiger partial charge in [-0.2, -0.15) is 0 Å². The number of nitrogens with one attached hydrogen (secondary N) is 1. The fourth-order valence-electron chi connectivity index (χ4n) is 5.19. The van der Waals surface area contributed by atoms with Crippen molar-refractivity contribution in [2.24, 2.45) is 5.92 Å². The van der Waals surface area contributed by atoms with E-state index in [4.69, 9.17) is 0 Å². The van der Waals surface area contributed by atoms with E-state index >= 15 is 0 Å². The molecule has 1 N–H and O–H groups in total. The van der Waals surface area contributed by atoms with Gasteiger partial charge in [-0.3, -0.25) is 4.79 Å². The Bertz CT molecular complexity index is 998. The van der Waals surface area contributed by atoms with E-state index in [9.17, 15) is 4.79 Å². The van der Waals surface area contributed by atoms with Gasteiger partial charge in [-0.05, 0) is 64.2 Å². The molecule has 0 aliphatic carbocycles. The zero-order valence-electron chi connectivity index (χ0n) is 17.9. The van der Waals surface area contributed by atoms with Gasteiger partial charge >= 0.3 is 0 Å². The van der Waals surface area contributed by atoms with Gasteiger partial charge in [0.2, 0.25) is 0 Å². The molecular weight excluding hydrogens is 358 g/mol. The Morgan fingerprint density at radius 1 is 1.03 bits per heavy atom. The molecule has 4 heteroatoms. The van der Waals surface area contributed by atoms with E-state index in [0.717, 1.165) is 36.0 Å². The lowest BCUT2D eigenvalue weighted by molar-refractivity contribution is 0.0864. The van der Waals surface area contributed by atoms with Crippen LogP contribution >= 0.6 is 0 Å². The van der Waals surface area contributed by atoms with Gasteiger partial charge in [0.15, 0.2) is 5.78 Å². The minimum absolute atomic E-state index is 0.0735. The SMILES string of the molecule is CC1(C)CC(CC(=O)c2ccc(Cn3cnc4ccccc43)cc2)CC(C)(C)N1. The van der Waals surface area contributed by atoms with Gasteiger partial charge in [-0.25, -0.2) is 4.98 Å². The van der Waals surface area contributed by atoms with Crippen LogP contribution in [0.2, 0.25) is 0 Å². The summed E-state index contributed by atoms with van der Waals surface area (Å²) in [5.74, 6) is 0.675. The summed E-state index contributed by atoms with van der Waals surface area (Å²) in [5.41, 5.74) is 4.27. The van der Waals surface area contributed by atoms with E-state index < -0.39 is 0 Å². The van der Waals surface area contributed by atoms with Crippen molar-refractivity contribution < 1.29 is 4.79 Å². The Kier molecular flexibility index (Phi) is 5.07. The first-order valence-electron chi connectivity index (χ1n) is 10.5. The number of benzene rings is 2. The molecule has 152 valence electrons. The summed E-state index contributed by atoms with van der Waals surface area (Å²) >= 11 is 0. The smallest absolute Gasteiger partial charge is 0.163 e. The molecule has 2 aromatic carbocycles. The Hall–Kier alpha value is -2.46. The van der Waals surface area contributed by atoms with Crippen molar-refractivity contribution in [2.45, 2.75) is 64.6 Å². The summed E-state index contributed by atoms with van der Waals surface area (Å²) in [6.45, 7) is 9.70. The maximum absolute atomic E-state index is 12.9. The molecular formula is C25H31N3O. The summed E-state index contributed by atoms with van der Waals surface area (Å²) in [7, 11) is 0. The summed E-state index contributed by atoms with van der Waals surface area (Å²) < 4.78 is 2.14. The Balaban J connectivity index is 1.43. The Labute approximate surface area is 173 Å². The zero-order chi connectivity index (χ0) is 20.6. The van der Waals surface area contributed by atoms with Crippen molar-refractivity contribution in [3.63, 3.8) is 0 Å². The van der Waals surface area contributed by atoms with Crippen molar-refractivity contribution in [1.29, 1.82) is 0 Å². The average molecular weight is 390 g/mol. The third-order valence-electron chi connectivity index (χ3n) is 5.91. The topological polar surface area (TPSA) is 46.9 Å². The minimum Gasteiger partial charge on any atom is -0.326 e. The molecule has 1 fully saturated rings. The summed E-state index contributed by atoms with van der Waals surface area (Å²) in [5, 5.41) is 3.70. The van der Waals surface area contributed by atoms with Crippen LogP contribution in [0.15, 0.2) is 54.9 Å². The molecule has 2 heterocycles. The van der Waals surface area contributed by atoms with Crippen LogP contribution < -0.4 is 5.32 Å². The number of rotatable bonds is 5. The van der Waals surface area contributed by atoms with Gasteiger partial charge in [0.1, 0.15) is 0 Å². The number of nitrogens with zero attached hydrogens (tertiary/aromatic N) is 2. The second kappa shape index (κ2) is 7.42. The van der Waals surface area contributed by atoms with Crippen LogP contribution in [0, 0.1) is 5.92 Å². The molecule has 4 rings (SSSR count).